The highest BCUT2D eigenvalue weighted by Crippen LogP contribution is 2.05. The number of aliphatic carboxylic acids is 2. The van der Waals surface area contributed by atoms with Gasteiger partial charge in [-0.05, 0) is 30.9 Å². The molecule has 2 rings (SSSR count). The third-order valence-electron chi connectivity index (χ3n) is 3.59. The summed E-state index contributed by atoms with van der Waals surface area (Å²) in [7, 11) is 0. The summed E-state index contributed by atoms with van der Waals surface area (Å²) in [6, 6.07) is 21.6. The van der Waals surface area contributed by atoms with Crippen molar-refractivity contribution in [3.05, 3.63) is 77.9 Å². The first-order valence-corrected chi connectivity index (χ1v) is 8.44. The molecule has 2 aromatic rings. The normalized spacial score (nSPS) is 11.4. The predicted octanol–water partition coefficient (Wildman–Crippen LogP) is 3.47. The molecule has 0 spiro atoms. The molecule has 0 saturated heterocycles. The Morgan fingerprint density at radius 3 is 2.04 bits per heavy atom. The fourth-order valence-electron chi connectivity index (χ4n) is 2.16. The number of rotatable bonds is 7. The number of hydrogen-bond acceptors (Lipinski definition) is 3. The van der Waals surface area contributed by atoms with E-state index in [4.69, 9.17) is 19.8 Å². The molecule has 26 heavy (non-hydrogen) atoms. The lowest BCUT2D eigenvalue weighted by atomic mass is 10.1. The maximum Gasteiger partial charge on any atom is 0.414 e. The van der Waals surface area contributed by atoms with Crippen molar-refractivity contribution in [2.24, 2.45) is 0 Å². The van der Waals surface area contributed by atoms with Crippen molar-refractivity contribution >= 4 is 18.0 Å². The molecule has 0 aliphatic carbocycles. The van der Waals surface area contributed by atoms with Crippen molar-refractivity contribution < 1.29 is 19.8 Å². The Bertz CT molecular complexity index is 672. The molecule has 5 nitrogen and oxygen atoms in total. The van der Waals surface area contributed by atoms with E-state index in [0.717, 1.165) is 13.0 Å². The summed E-state index contributed by atoms with van der Waals surface area (Å²) in [6.45, 7) is 3.17. The van der Waals surface area contributed by atoms with Crippen LogP contribution >= 0.6 is 0 Å². The Morgan fingerprint density at radius 2 is 1.50 bits per heavy atom. The minimum atomic E-state index is -1.82. The number of nitrogens with one attached hydrogen (secondary N) is 1. The lowest BCUT2D eigenvalue weighted by molar-refractivity contribution is -0.159. The quantitative estimate of drug-likeness (QED) is 0.662. The Kier molecular flexibility index (Phi) is 10.1. The van der Waals surface area contributed by atoms with Gasteiger partial charge in [0.05, 0.1) is 0 Å². The summed E-state index contributed by atoms with van der Waals surface area (Å²) >= 11 is 0. The van der Waals surface area contributed by atoms with Crippen LogP contribution in [0, 0.1) is 0 Å². The fourth-order valence-corrected chi connectivity index (χ4v) is 2.16. The van der Waals surface area contributed by atoms with Gasteiger partial charge in [0, 0.05) is 12.6 Å². The van der Waals surface area contributed by atoms with E-state index >= 15 is 0 Å². The molecule has 138 valence electrons. The average molecular weight is 355 g/mol. The van der Waals surface area contributed by atoms with Crippen molar-refractivity contribution in [1.82, 2.24) is 5.32 Å². The average Bonchev–Trinajstić information content (AvgIpc) is 2.66. The van der Waals surface area contributed by atoms with Gasteiger partial charge in [0.1, 0.15) is 0 Å². The summed E-state index contributed by atoms with van der Waals surface area (Å²) in [4.78, 5) is 18.2. The Hall–Kier alpha value is -2.92. The van der Waals surface area contributed by atoms with Gasteiger partial charge in [0.2, 0.25) is 0 Å². The number of carboxylic acid groups (broad SMARTS) is 2. The molecule has 0 aliphatic rings. The highest BCUT2D eigenvalue weighted by atomic mass is 16.4. The number of aryl methyl sites for hydroxylation is 1. The van der Waals surface area contributed by atoms with E-state index in [0.29, 0.717) is 6.04 Å². The van der Waals surface area contributed by atoms with Gasteiger partial charge in [-0.15, -0.1) is 0 Å². The van der Waals surface area contributed by atoms with Gasteiger partial charge in [-0.1, -0.05) is 72.8 Å². The van der Waals surface area contributed by atoms with Gasteiger partial charge in [-0.25, -0.2) is 9.59 Å². The van der Waals surface area contributed by atoms with Crippen LogP contribution in [0.5, 0.6) is 0 Å². The number of carbonyl (C=O) groups is 2. The summed E-state index contributed by atoms with van der Waals surface area (Å²) in [5.41, 5.74) is 2.67. The predicted molar refractivity (Wildman–Crippen MR) is 103 cm³/mol. The molecule has 0 radical (unpaired) electrons. The van der Waals surface area contributed by atoms with Gasteiger partial charge < -0.3 is 15.5 Å². The molecule has 0 aromatic heterocycles. The van der Waals surface area contributed by atoms with Crippen molar-refractivity contribution in [2.45, 2.75) is 25.8 Å². The summed E-state index contributed by atoms with van der Waals surface area (Å²) < 4.78 is 0. The summed E-state index contributed by atoms with van der Waals surface area (Å²) in [5.74, 6) is -3.65. The van der Waals surface area contributed by atoms with Crippen molar-refractivity contribution in [2.75, 3.05) is 6.54 Å². The standard InChI is InChI=1S/C19H23N.C2H2O4/c1-17(14-15-19-11-6-3-7-12-19)20-16-8-13-18-9-4-2-5-10-18;3-1(4)2(5)6/h2-13,17,20H,14-16H2,1H3;(H,3,4)(H,5,6). The van der Waals surface area contributed by atoms with Crippen LogP contribution in [0.1, 0.15) is 24.5 Å². The van der Waals surface area contributed by atoms with E-state index in [1.807, 2.05) is 6.07 Å². The first-order chi connectivity index (χ1) is 12.5. The van der Waals surface area contributed by atoms with Gasteiger partial charge in [0.15, 0.2) is 0 Å². The number of hydrogen-bond donors (Lipinski definition) is 3. The first kappa shape index (κ1) is 21.1. The molecular formula is C21H25NO4. The Labute approximate surface area is 154 Å². The van der Waals surface area contributed by atoms with Crippen molar-refractivity contribution in [3.8, 4) is 0 Å². The molecule has 0 aliphatic heterocycles. The van der Waals surface area contributed by atoms with Gasteiger partial charge in [-0.3, -0.25) is 0 Å². The maximum absolute atomic E-state index is 9.10. The van der Waals surface area contributed by atoms with E-state index in [1.165, 1.54) is 17.5 Å². The summed E-state index contributed by atoms with van der Waals surface area (Å²) in [6.07, 6.45) is 6.66. The van der Waals surface area contributed by atoms with E-state index in [1.54, 1.807) is 0 Å². The third kappa shape index (κ3) is 10.1. The largest absolute Gasteiger partial charge is 0.473 e. The van der Waals surface area contributed by atoms with Crippen LogP contribution in [0.2, 0.25) is 0 Å². The molecule has 0 bridgehead atoms. The zero-order valence-corrected chi connectivity index (χ0v) is 14.8. The van der Waals surface area contributed by atoms with Crippen LogP contribution in [0.3, 0.4) is 0 Å². The van der Waals surface area contributed by atoms with Crippen molar-refractivity contribution in [1.29, 1.82) is 0 Å². The highest BCUT2D eigenvalue weighted by molar-refractivity contribution is 6.27. The molecule has 1 atom stereocenters. The molecule has 0 amide bonds. The molecule has 0 saturated carbocycles. The van der Waals surface area contributed by atoms with Crippen LogP contribution in [0.25, 0.3) is 6.08 Å². The SMILES string of the molecule is CC(CCc1ccccc1)NCC=Cc1ccccc1.O=C(O)C(=O)O. The maximum atomic E-state index is 9.10. The zero-order chi connectivity index (χ0) is 19.2. The second kappa shape index (κ2) is 12.4. The molecule has 1 unspecified atom stereocenters. The summed E-state index contributed by atoms with van der Waals surface area (Å²) in [5, 5.41) is 18.3. The van der Waals surface area contributed by atoms with Crippen LogP contribution in [-0.4, -0.2) is 34.7 Å². The third-order valence-corrected chi connectivity index (χ3v) is 3.59. The van der Waals surface area contributed by atoms with Gasteiger partial charge >= 0.3 is 11.9 Å². The van der Waals surface area contributed by atoms with E-state index < -0.39 is 11.9 Å². The lowest BCUT2D eigenvalue weighted by Gasteiger charge is -2.12. The van der Waals surface area contributed by atoms with Gasteiger partial charge in [-0.2, -0.15) is 0 Å². The van der Waals surface area contributed by atoms with Crippen LogP contribution in [-0.2, 0) is 16.0 Å². The van der Waals surface area contributed by atoms with Crippen LogP contribution in [0.4, 0.5) is 0 Å². The fraction of sp³-hybridized carbons (Fsp3) is 0.238. The second-order valence-electron chi connectivity index (χ2n) is 5.76. The monoisotopic (exact) mass is 355 g/mol. The minimum Gasteiger partial charge on any atom is -0.473 e. The number of benzene rings is 2. The highest BCUT2D eigenvalue weighted by Gasteiger charge is 2.04. The molecule has 2 aromatic carbocycles. The first-order valence-electron chi connectivity index (χ1n) is 8.44. The van der Waals surface area contributed by atoms with Crippen molar-refractivity contribution in [3.63, 3.8) is 0 Å². The van der Waals surface area contributed by atoms with E-state index in [-0.39, 0.29) is 0 Å². The Balaban J connectivity index is 0.000000487. The second-order valence-corrected chi connectivity index (χ2v) is 5.76. The molecule has 0 heterocycles. The topological polar surface area (TPSA) is 86.6 Å². The van der Waals surface area contributed by atoms with E-state index in [9.17, 15) is 0 Å². The zero-order valence-electron chi connectivity index (χ0n) is 14.8. The molecule has 3 N–H and O–H groups in total. The van der Waals surface area contributed by atoms with Gasteiger partial charge in [0.25, 0.3) is 0 Å². The number of carboxylic acids is 2. The lowest BCUT2D eigenvalue weighted by Crippen LogP contribution is -2.26. The minimum absolute atomic E-state index is 0.538. The van der Waals surface area contributed by atoms with Crippen LogP contribution < -0.4 is 5.32 Å². The molecule has 5 heteroatoms. The smallest absolute Gasteiger partial charge is 0.414 e. The molecular weight excluding hydrogens is 330 g/mol. The Morgan fingerprint density at radius 1 is 0.962 bits per heavy atom. The van der Waals surface area contributed by atoms with E-state index in [2.05, 4.69) is 79.0 Å². The van der Waals surface area contributed by atoms with Crippen LogP contribution in [0.15, 0.2) is 66.7 Å². The molecule has 0 fully saturated rings.